The molecule has 150 valence electrons. The van der Waals surface area contributed by atoms with E-state index in [0.717, 1.165) is 38.8 Å². The number of aromatic nitrogens is 2. The molecular weight excluding hydrogens is 364 g/mol. The summed E-state index contributed by atoms with van der Waals surface area (Å²) in [5.41, 5.74) is 9.66. The molecule has 6 nitrogen and oxygen atoms in total. The van der Waals surface area contributed by atoms with Crippen LogP contribution in [0.5, 0.6) is 5.75 Å². The van der Waals surface area contributed by atoms with Crippen LogP contribution in [0.4, 0.5) is 0 Å². The lowest BCUT2D eigenvalue weighted by Gasteiger charge is -2.10. The zero-order chi connectivity index (χ0) is 19.7. The summed E-state index contributed by atoms with van der Waals surface area (Å²) in [5.74, 6) is 0.545. The number of fused-ring (bicyclic) bond motifs is 3. The Kier molecular flexibility index (Phi) is 5.84. The van der Waals surface area contributed by atoms with Gasteiger partial charge < -0.3 is 20.4 Å². The third-order valence-electron chi connectivity index (χ3n) is 4.91. The molecule has 0 unspecified atom stereocenters. The van der Waals surface area contributed by atoms with Gasteiger partial charge in [-0.15, -0.1) is 0 Å². The normalized spacial score (nSPS) is 10.7. The molecule has 0 spiro atoms. The van der Waals surface area contributed by atoms with Crippen molar-refractivity contribution < 1.29 is 9.53 Å². The molecule has 1 amide bonds. The molecule has 3 N–H and O–H groups in total. The van der Waals surface area contributed by atoms with Gasteiger partial charge in [0.15, 0.2) is 0 Å². The number of benzene rings is 2. The van der Waals surface area contributed by atoms with Crippen molar-refractivity contribution in [2.45, 2.75) is 7.43 Å². The Hall–Kier alpha value is -3.38. The van der Waals surface area contributed by atoms with Crippen LogP contribution in [0, 0.1) is 0 Å². The third kappa shape index (κ3) is 3.54. The maximum Gasteiger partial charge on any atom is 0.269 e. The molecule has 0 radical (unpaired) electrons. The molecule has 0 saturated heterocycles. The van der Waals surface area contributed by atoms with Crippen LogP contribution in [0.1, 0.15) is 17.9 Å². The summed E-state index contributed by atoms with van der Waals surface area (Å²) in [6.07, 6.45) is 0. The Balaban J connectivity index is 0.00000240. The van der Waals surface area contributed by atoms with E-state index in [2.05, 4.69) is 22.0 Å². The topological polar surface area (TPSA) is 82.2 Å². The molecule has 2 heterocycles. The van der Waals surface area contributed by atoms with E-state index in [1.54, 1.807) is 7.11 Å². The molecule has 6 heteroatoms. The number of methoxy groups -OCH3 is 1. The van der Waals surface area contributed by atoms with Crippen molar-refractivity contribution in [1.29, 1.82) is 0 Å². The highest BCUT2D eigenvalue weighted by molar-refractivity contribution is 6.13. The average Bonchev–Trinajstić information content (AvgIpc) is 3.04. The monoisotopic (exact) mass is 390 g/mol. The lowest BCUT2D eigenvalue weighted by atomic mass is 10.1. The van der Waals surface area contributed by atoms with Gasteiger partial charge in [0.2, 0.25) is 0 Å². The Morgan fingerprint density at radius 1 is 1.14 bits per heavy atom. The maximum atomic E-state index is 12.6. The summed E-state index contributed by atoms with van der Waals surface area (Å²) < 4.78 is 7.39. The first-order valence-corrected chi connectivity index (χ1v) is 9.15. The molecule has 0 aliphatic carbocycles. The molecule has 0 aliphatic rings. The molecule has 0 saturated carbocycles. The van der Waals surface area contributed by atoms with Gasteiger partial charge in [0.05, 0.1) is 18.3 Å². The van der Waals surface area contributed by atoms with Crippen LogP contribution >= 0.6 is 0 Å². The van der Waals surface area contributed by atoms with Crippen LogP contribution in [0.25, 0.3) is 33.1 Å². The number of aryl methyl sites for hydroxylation is 1. The zero-order valence-electron chi connectivity index (χ0n) is 15.9. The predicted octanol–water partition coefficient (Wildman–Crippen LogP) is 3.73. The molecule has 2 aromatic carbocycles. The first-order chi connectivity index (χ1) is 13.6. The van der Waals surface area contributed by atoms with Crippen LogP contribution in [-0.2, 0) is 7.05 Å². The van der Waals surface area contributed by atoms with Crippen molar-refractivity contribution in [3.8, 4) is 17.0 Å². The van der Waals surface area contributed by atoms with E-state index in [-0.39, 0.29) is 13.3 Å². The van der Waals surface area contributed by atoms with Crippen LogP contribution in [0.3, 0.4) is 0 Å². The quantitative estimate of drug-likeness (QED) is 0.544. The number of para-hydroxylation sites is 1. The summed E-state index contributed by atoms with van der Waals surface area (Å²) in [5, 5.41) is 4.90. The van der Waals surface area contributed by atoms with E-state index >= 15 is 0 Å². The summed E-state index contributed by atoms with van der Waals surface area (Å²) in [6.45, 7) is 0.791. The van der Waals surface area contributed by atoms with E-state index in [4.69, 9.17) is 15.5 Å². The van der Waals surface area contributed by atoms with Crippen molar-refractivity contribution in [2.75, 3.05) is 20.2 Å². The van der Waals surface area contributed by atoms with Crippen molar-refractivity contribution in [3.05, 3.63) is 60.3 Å². The number of nitrogens with two attached hydrogens (primary N) is 1. The first kappa shape index (κ1) is 20.4. The predicted molar refractivity (Wildman–Crippen MR) is 118 cm³/mol. The number of carbonyl (C=O) groups is 1. The minimum Gasteiger partial charge on any atom is -0.497 e. The zero-order valence-corrected chi connectivity index (χ0v) is 15.9. The summed E-state index contributed by atoms with van der Waals surface area (Å²) in [7, 11) is 3.66. The van der Waals surface area contributed by atoms with Gasteiger partial charge in [-0.1, -0.05) is 25.6 Å². The molecule has 4 rings (SSSR count). The minimum absolute atomic E-state index is 0. The second-order valence-electron chi connectivity index (χ2n) is 6.60. The van der Waals surface area contributed by atoms with E-state index in [1.165, 1.54) is 0 Å². The van der Waals surface area contributed by atoms with Gasteiger partial charge >= 0.3 is 0 Å². The first-order valence-electron chi connectivity index (χ1n) is 9.15. The molecule has 0 aliphatic heterocycles. The summed E-state index contributed by atoms with van der Waals surface area (Å²) >= 11 is 0. The second kappa shape index (κ2) is 8.32. The highest BCUT2D eigenvalue weighted by atomic mass is 16.5. The molecule has 29 heavy (non-hydrogen) atoms. The van der Waals surface area contributed by atoms with Gasteiger partial charge in [-0.3, -0.25) is 4.79 Å². The van der Waals surface area contributed by atoms with Gasteiger partial charge in [-0.2, -0.15) is 0 Å². The van der Waals surface area contributed by atoms with E-state index in [1.807, 2.05) is 49.5 Å². The number of nitrogens with one attached hydrogen (secondary N) is 1. The van der Waals surface area contributed by atoms with Gasteiger partial charge in [0.25, 0.3) is 5.91 Å². The van der Waals surface area contributed by atoms with Gasteiger partial charge in [0, 0.05) is 42.0 Å². The summed E-state index contributed by atoms with van der Waals surface area (Å²) in [6, 6.07) is 17.7. The van der Waals surface area contributed by atoms with Crippen molar-refractivity contribution in [3.63, 3.8) is 0 Å². The largest absolute Gasteiger partial charge is 0.497 e. The SMILES string of the molecule is C.COc1ccc(-c2nc(C(=O)NCCN)cc3c4ccccc4n(C)c23)cc1. The van der Waals surface area contributed by atoms with Crippen LogP contribution in [-0.4, -0.2) is 35.7 Å². The summed E-state index contributed by atoms with van der Waals surface area (Å²) in [4.78, 5) is 17.3. The van der Waals surface area contributed by atoms with E-state index < -0.39 is 0 Å². The number of hydrogen-bond donors (Lipinski definition) is 2. The number of amides is 1. The Morgan fingerprint density at radius 2 is 1.86 bits per heavy atom. The Bertz CT molecular complexity index is 1160. The van der Waals surface area contributed by atoms with Gasteiger partial charge in [-0.05, 0) is 36.4 Å². The Morgan fingerprint density at radius 3 is 2.55 bits per heavy atom. The lowest BCUT2D eigenvalue weighted by molar-refractivity contribution is 0.0950. The number of pyridine rings is 1. The van der Waals surface area contributed by atoms with Gasteiger partial charge in [0.1, 0.15) is 11.4 Å². The fourth-order valence-corrected chi connectivity index (χ4v) is 3.54. The van der Waals surface area contributed by atoms with Crippen LogP contribution < -0.4 is 15.8 Å². The van der Waals surface area contributed by atoms with Crippen LogP contribution in [0.15, 0.2) is 54.6 Å². The molecule has 0 bridgehead atoms. The number of rotatable bonds is 5. The molecule has 2 aromatic heterocycles. The molecule has 0 atom stereocenters. The smallest absolute Gasteiger partial charge is 0.269 e. The molecule has 0 fully saturated rings. The number of hydrogen-bond acceptors (Lipinski definition) is 4. The van der Waals surface area contributed by atoms with Crippen molar-refractivity contribution in [2.24, 2.45) is 12.8 Å². The van der Waals surface area contributed by atoms with Crippen molar-refractivity contribution >= 4 is 27.7 Å². The minimum atomic E-state index is -0.227. The second-order valence-corrected chi connectivity index (χ2v) is 6.60. The number of nitrogens with zero attached hydrogens (tertiary/aromatic N) is 2. The van der Waals surface area contributed by atoms with Crippen LogP contribution in [0.2, 0.25) is 0 Å². The fourth-order valence-electron chi connectivity index (χ4n) is 3.54. The highest BCUT2D eigenvalue weighted by Crippen LogP contribution is 2.35. The highest BCUT2D eigenvalue weighted by Gasteiger charge is 2.18. The third-order valence-corrected chi connectivity index (χ3v) is 4.91. The van der Waals surface area contributed by atoms with Crippen molar-refractivity contribution in [1.82, 2.24) is 14.9 Å². The molecular formula is C23H26N4O2. The average molecular weight is 390 g/mol. The standard InChI is InChI=1S/C22H22N4O2.CH4/c1-26-19-6-4-3-5-16(19)17-13-18(22(27)24-12-11-23)25-20(21(17)26)14-7-9-15(28-2)10-8-14;/h3-10,13H,11-12,23H2,1-2H3,(H,24,27);1H4. The lowest BCUT2D eigenvalue weighted by Crippen LogP contribution is -2.29. The maximum absolute atomic E-state index is 12.6. The Labute approximate surface area is 170 Å². The fraction of sp³-hybridized carbons (Fsp3) is 0.217. The number of carbonyl (C=O) groups excluding carboxylic acids is 1. The van der Waals surface area contributed by atoms with E-state index in [9.17, 15) is 4.79 Å². The number of ether oxygens (including phenoxy) is 1. The van der Waals surface area contributed by atoms with Gasteiger partial charge in [-0.25, -0.2) is 4.98 Å². The van der Waals surface area contributed by atoms with E-state index in [0.29, 0.717) is 18.8 Å². The molecule has 4 aromatic rings.